The number of carbonyl (C=O) groups excluding carboxylic acids is 5. The van der Waals surface area contributed by atoms with E-state index in [1.54, 1.807) is 19.9 Å². The summed E-state index contributed by atoms with van der Waals surface area (Å²) in [5.41, 5.74) is 7.49. The van der Waals surface area contributed by atoms with Crippen LogP contribution in [0.3, 0.4) is 0 Å². The highest BCUT2D eigenvalue weighted by molar-refractivity contribution is 6.48. The van der Waals surface area contributed by atoms with Gasteiger partial charge in [0.25, 0.3) is 11.8 Å². The smallest absolute Gasteiger partial charge is 0.342 e. The lowest BCUT2D eigenvalue weighted by Crippen LogP contribution is -2.27. The third-order valence-corrected chi connectivity index (χ3v) is 9.72. The molecule has 290 valence electrons. The van der Waals surface area contributed by atoms with Crippen molar-refractivity contribution in [1.29, 1.82) is 0 Å². The molecule has 0 fully saturated rings. The number of hydrogen-bond acceptors (Lipinski definition) is 8. The number of nitrogens with one attached hydrogen (secondary N) is 3. The standard InChI is InChI=1S/C43H50N4O8/c1-10-19-53-36(48)17-15-30-25(7)32(22-33-24(6)29(14-5)42(51)46-33)44-34(30)23-35-31(16-18-37(49)54-20-11-2)26(8)39(45-35)38(43(52)55-21-12-3)40-28(13-4)27(9)41(50)47-40/h10-13,22-23,27,44-45H,1-3,14-21H2,4-9H3,(H,46,51)/b28-13+,33-22-,35-23-,39-38+. The third-order valence-electron chi connectivity index (χ3n) is 9.72. The number of H-pyrrole nitrogens is 2. The number of esters is 3. The Morgan fingerprint density at radius 2 is 1.42 bits per heavy atom. The Morgan fingerprint density at radius 3 is 1.98 bits per heavy atom. The molecule has 0 radical (unpaired) electrons. The Balaban J connectivity index is 2.03. The van der Waals surface area contributed by atoms with E-state index in [0.29, 0.717) is 57.2 Å². The predicted octanol–water partition coefficient (Wildman–Crippen LogP) is 4.75. The first-order chi connectivity index (χ1) is 26.3. The molecule has 3 N–H and O–H groups in total. The van der Waals surface area contributed by atoms with Crippen LogP contribution in [0.1, 0.15) is 80.6 Å². The topological polar surface area (TPSA) is 169 Å². The number of ether oxygens (including phenoxy) is 3. The SMILES string of the molecule is C=CCOC(=O)CCc1c(/C=c2\[nH]/c(=C(/C(=O)OCC=C)C3=NC(=O)C(C)/C3=C\C)c(C)c2CCC(=O)OCC=C)[nH]c(/C=C2\NC(=O)C(CC)=C2C)c1C. The first-order valence-electron chi connectivity index (χ1n) is 18.3. The second-order valence-electron chi connectivity index (χ2n) is 13.2. The van der Waals surface area contributed by atoms with Crippen LogP contribution in [0.5, 0.6) is 0 Å². The third kappa shape index (κ3) is 9.37. The van der Waals surface area contributed by atoms with Crippen LogP contribution in [-0.4, -0.2) is 65.2 Å². The zero-order valence-corrected chi connectivity index (χ0v) is 32.5. The molecule has 12 nitrogen and oxygen atoms in total. The second-order valence-corrected chi connectivity index (χ2v) is 13.2. The molecular formula is C43H50N4O8. The maximum absolute atomic E-state index is 13.8. The molecule has 2 aliphatic rings. The van der Waals surface area contributed by atoms with Crippen molar-refractivity contribution in [3.8, 4) is 0 Å². The van der Waals surface area contributed by atoms with Gasteiger partial charge < -0.3 is 29.5 Å². The largest absolute Gasteiger partial charge is 0.461 e. The van der Waals surface area contributed by atoms with Crippen LogP contribution in [0.2, 0.25) is 0 Å². The van der Waals surface area contributed by atoms with Gasteiger partial charge in [-0.25, -0.2) is 9.79 Å². The minimum atomic E-state index is -0.704. The van der Waals surface area contributed by atoms with Crippen molar-refractivity contribution in [3.63, 3.8) is 0 Å². The van der Waals surface area contributed by atoms with Gasteiger partial charge in [-0.1, -0.05) is 51.0 Å². The molecule has 1 unspecified atom stereocenters. The molecule has 0 saturated carbocycles. The molecule has 55 heavy (non-hydrogen) atoms. The van der Waals surface area contributed by atoms with Crippen molar-refractivity contribution in [2.24, 2.45) is 10.9 Å². The fourth-order valence-corrected chi connectivity index (χ4v) is 6.73. The van der Waals surface area contributed by atoms with Crippen LogP contribution in [0, 0.1) is 19.8 Å². The van der Waals surface area contributed by atoms with Crippen LogP contribution in [0.15, 0.2) is 71.4 Å². The number of hydrogen-bond donors (Lipinski definition) is 3. The zero-order valence-electron chi connectivity index (χ0n) is 32.5. The van der Waals surface area contributed by atoms with E-state index in [2.05, 4.69) is 40.0 Å². The second kappa shape index (κ2) is 18.8. The summed E-state index contributed by atoms with van der Waals surface area (Å²) in [4.78, 5) is 75.9. The molecule has 0 spiro atoms. The summed E-state index contributed by atoms with van der Waals surface area (Å²) in [5, 5.41) is 3.89. The molecule has 2 aliphatic heterocycles. The van der Waals surface area contributed by atoms with Crippen molar-refractivity contribution in [2.45, 2.75) is 73.6 Å². The fourth-order valence-electron chi connectivity index (χ4n) is 6.73. The normalized spacial score (nSPS) is 17.7. The highest BCUT2D eigenvalue weighted by Gasteiger charge is 2.35. The molecule has 1 atom stereocenters. The molecule has 4 heterocycles. The van der Waals surface area contributed by atoms with Crippen LogP contribution < -0.4 is 16.0 Å². The van der Waals surface area contributed by atoms with Crippen molar-refractivity contribution in [3.05, 3.63) is 111 Å². The molecule has 4 rings (SSSR count). The predicted molar refractivity (Wildman–Crippen MR) is 212 cm³/mol. The Labute approximate surface area is 321 Å². The fraction of sp³-hybridized carbons (Fsp3) is 0.349. The van der Waals surface area contributed by atoms with Gasteiger partial charge in [-0.05, 0) is 99.4 Å². The van der Waals surface area contributed by atoms with E-state index in [1.807, 2.05) is 39.8 Å². The molecular weight excluding hydrogens is 700 g/mol. The summed E-state index contributed by atoms with van der Waals surface area (Å²) in [5.74, 6) is -2.61. The van der Waals surface area contributed by atoms with Gasteiger partial charge in [-0.15, -0.1) is 0 Å². The Bertz CT molecular complexity index is 2190. The van der Waals surface area contributed by atoms with Gasteiger partial charge in [0, 0.05) is 40.8 Å². The average Bonchev–Trinajstić information content (AvgIpc) is 3.82. The van der Waals surface area contributed by atoms with Gasteiger partial charge >= 0.3 is 17.9 Å². The number of carbonyl (C=O) groups is 5. The number of allylic oxidation sites excluding steroid dienone is 2. The van der Waals surface area contributed by atoms with E-state index in [9.17, 15) is 24.0 Å². The summed E-state index contributed by atoms with van der Waals surface area (Å²) in [7, 11) is 0. The van der Waals surface area contributed by atoms with E-state index >= 15 is 0 Å². The lowest BCUT2D eigenvalue weighted by Gasteiger charge is -2.10. The molecule has 0 saturated heterocycles. The van der Waals surface area contributed by atoms with E-state index in [-0.39, 0.29) is 62.2 Å². The van der Waals surface area contributed by atoms with Crippen molar-refractivity contribution < 1.29 is 38.2 Å². The molecule has 0 aliphatic carbocycles. The number of nitrogens with zero attached hydrogens (tertiary/aromatic N) is 1. The van der Waals surface area contributed by atoms with Crippen LogP contribution >= 0.6 is 0 Å². The number of rotatable bonds is 17. The number of aliphatic imine (C=N–C) groups is 1. The van der Waals surface area contributed by atoms with E-state index < -0.39 is 23.8 Å². The molecule has 0 bridgehead atoms. The number of amides is 2. The minimum Gasteiger partial charge on any atom is -0.461 e. The number of aromatic amines is 2. The van der Waals surface area contributed by atoms with Crippen LogP contribution in [-0.2, 0) is 51.0 Å². The molecule has 2 aromatic heterocycles. The first kappa shape index (κ1) is 41.7. The highest BCUT2D eigenvalue weighted by atomic mass is 16.5. The van der Waals surface area contributed by atoms with Gasteiger partial charge in [0.2, 0.25) is 0 Å². The average molecular weight is 751 g/mol. The molecule has 0 aromatic carbocycles. The molecule has 12 heteroatoms. The molecule has 2 amide bonds. The Kier molecular flexibility index (Phi) is 14.3. The van der Waals surface area contributed by atoms with Gasteiger partial charge in [-0.2, -0.15) is 0 Å². The van der Waals surface area contributed by atoms with Gasteiger partial charge in [0.1, 0.15) is 25.4 Å². The summed E-state index contributed by atoms with van der Waals surface area (Å²) in [6.45, 7) is 22.1. The quantitative estimate of drug-likeness (QED) is 0.118. The monoisotopic (exact) mass is 750 g/mol. The lowest BCUT2D eigenvalue weighted by molar-refractivity contribution is -0.143. The summed E-state index contributed by atoms with van der Waals surface area (Å²) in [6.07, 6.45) is 11.2. The zero-order chi connectivity index (χ0) is 40.4. The summed E-state index contributed by atoms with van der Waals surface area (Å²) < 4.78 is 16.1. The van der Waals surface area contributed by atoms with Gasteiger partial charge in [0.05, 0.1) is 17.0 Å². The highest BCUT2D eigenvalue weighted by Crippen LogP contribution is 2.29. The van der Waals surface area contributed by atoms with Crippen molar-refractivity contribution in [2.75, 3.05) is 19.8 Å². The van der Waals surface area contributed by atoms with Gasteiger partial charge in [0.15, 0.2) is 0 Å². The summed E-state index contributed by atoms with van der Waals surface area (Å²) in [6, 6.07) is 0. The van der Waals surface area contributed by atoms with E-state index in [4.69, 9.17) is 14.2 Å². The maximum Gasteiger partial charge on any atom is 0.342 e. The van der Waals surface area contributed by atoms with E-state index in [1.165, 1.54) is 18.2 Å². The summed E-state index contributed by atoms with van der Waals surface area (Å²) >= 11 is 0. The minimum absolute atomic E-state index is 0.0216. The first-order valence-corrected chi connectivity index (χ1v) is 18.3. The Hall–Kier alpha value is -6.04. The van der Waals surface area contributed by atoms with Crippen molar-refractivity contribution >= 4 is 53.2 Å². The Morgan fingerprint density at radius 1 is 0.818 bits per heavy atom. The van der Waals surface area contributed by atoms with Crippen molar-refractivity contribution in [1.82, 2.24) is 15.3 Å². The van der Waals surface area contributed by atoms with E-state index in [0.717, 1.165) is 22.4 Å². The lowest BCUT2D eigenvalue weighted by atomic mass is 9.94. The molecule has 2 aromatic rings. The van der Waals surface area contributed by atoms with Crippen LogP contribution in [0.4, 0.5) is 0 Å². The maximum atomic E-state index is 13.8. The van der Waals surface area contributed by atoms with Gasteiger partial charge in [-0.3, -0.25) is 19.2 Å². The van der Waals surface area contributed by atoms with Crippen LogP contribution in [0.25, 0.3) is 17.7 Å². The number of aromatic nitrogens is 2.